The monoisotopic (exact) mass is 179 g/mol. The van der Waals surface area contributed by atoms with Crippen LogP contribution in [0.15, 0.2) is 12.4 Å². The van der Waals surface area contributed by atoms with Gasteiger partial charge in [0.15, 0.2) is 6.29 Å². The average molecular weight is 179 g/mol. The zero-order chi connectivity index (χ0) is 9.68. The Kier molecular flexibility index (Phi) is 3.37. The fourth-order valence-electron chi connectivity index (χ4n) is 1.06. The van der Waals surface area contributed by atoms with Gasteiger partial charge in [-0.3, -0.25) is 4.79 Å². The van der Waals surface area contributed by atoms with Gasteiger partial charge in [0.1, 0.15) is 0 Å². The Labute approximate surface area is 77.6 Å². The number of aldehydes is 1. The summed E-state index contributed by atoms with van der Waals surface area (Å²) >= 11 is 0. The van der Waals surface area contributed by atoms with Crippen molar-refractivity contribution in [1.29, 1.82) is 0 Å². The van der Waals surface area contributed by atoms with Crippen LogP contribution in [0, 0.1) is 0 Å². The summed E-state index contributed by atoms with van der Waals surface area (Å²) in [5.74, 6) is 0.676. The van der Waals surface area contributed by atoms with Crippen molar-refractivity contribution < 1.29 is 4.79 Å². The van der Waals surface area contributed by atoms with Crippen molar-refractivity contribution in [2.75, 3.05) is 18.0 Å². The van der Waals surface area contributed by atoms with Gasteiger partial charge in [-0.1, -0.05) is 0 Å². The number of nitrogens with zero attached hydrogens (tertiary/aromatic N) is 3. The summed E-state index contributed by atoms with van der Waals surface area (Å²) in [6.45, 7) is 5.83. The molecule has 0 spiro atoms. The maximum absolute atomic E-state index is 10.3. The van der Waals surface area contributed by atoms with Gasteiger partial charge in [-0.2, -0.15) is 0 Å². The van der Waals surface area contributed by atoms with Gasteiger partial charge in [0.05, 0.1) is 5.56 Å². The Balaban J connectivity index is 2.83. The first-order valence-electron chi connectivity index (χ1n) is 4.34. The number of carbonyl (C=O) groups excluding carboxylic acids is 1. The molecule has 0 aliphatic rings. The van der Waals surface area contributed by atoms with E-state index in [0.717, 1.165) is 19.4 Å². The minimum atomic E-state index is 0.510. The molecule has 0 atom stereocenters. The van der Waals surface area contributed by atoms with Gasteiger partial charge in [-0.25, -0.2) is 9.97 Å². The minimum Gasteiger partial charge on any atom is -0.341 e. The molecule has 1 heterocycles. The minimum absolute atomic E-state index is 0.510. The van der Waals surface area contributed by atoms with Gasteiger partial charge >= 0.3 is 0 Å². The lowest BCUT2D eigenvalue weighted by molar-refractivity contribution is 0.112. The van der Waals surface area contributed by atoms with Gasteiger partial charge in [0.25, 0.3) is 0 Å². The maximum atomic E-state index is 10.3. The first kappa shape index (κ1) is 9.64. The summed E-state index contributed by atoms with van der Waals surface area (Å²) in [5, 5.41) is 0. The maximum Gasteiger partial charge on any atom is 0.225 e. The summed E-state index contributed by atoms with van der Waals surface area (Å²) in [6, 6.07) is 0. The third-order valence-corrected chi connectivity index (χ3v) is 1.84. The van der Waals surface area contributed by atoms with Crippen molar-refractivity contribution in [3.63, 3.8) is 0 Å². The molecule has 0 aliphatic heterocycles. The molecule has 0 saturated carbocycles. The molecule has 13 heavy (non-hydrogen) atoms. The van der Waals surface area contributed by atoms with Crippen molar-refractivity contribution in [3.8, 4) is 0 Å². The van der Waals surface area contributed by atoms with Crippen LogP contribution in [-0.2, 0) is 0 Å². The van der Waals surface area contributed by atoms with Crippen LogP contribution in [0.3, 0.4) is 0 Å². The Bertz CT molecular complexity index is 267. The van der Waals surface area contributed by atoms with Crippen LogP contribution in [0.1, 0.15) is 24.2 Å². The van der Waals surface area contributed by atoms with E-state index in [4.69, 9.17) is 0 Å². The number of hydrogen-bond acceptors (Lipinski definition) is 4. The van der Waals surface area contributed by atoms with Crippen LogP contribution in [0.25, 0.3) is 0 Å². The predicted molar refractivity (Wildman–Crippen MR) is 51.0 cm³/mol. The Morgan fingerprint density at radius 1 is 1.31 bits per heavy atom. The van der Waals surface area contributed by atoms with E-state index < -0.39 is 0 Å². The molecule has 0 aromatic carbocycles. The predicted octanol–water partition coefficient (Wildman–Crippen LogP) is 1.14. The van der Waals surface area contributed by atoms with Crippen molar-refractivity contribution in [3.05, 3.63) is 18.0 Å². The SMILES string of the molecule is CCN(CC)c1ncc(C=O)cn1. The normalized spacial score (nSPS) is 9.69. The van der Waals surface area contributed by atoms with E-state index in [0.29, 0.717) is 11.5 Å². The molecule has 0 unspecified atom stereocenters. The van der Waals surface area contributed by atoms with Gasteiger partial charge in [-0.15, -0.1) is 0 Å². The zero-order valence-electron chi connectivity index (χ0n) is 7.90. The van der Waals surface area contributed by atoms with Crippen molar-refractivity contribution in [2.45, 2.75) is 13.8 Å². The molecule has 0 N–H and O–H groups in total. The largest absolute Gasteiger partial charge is 0.341 e. The molecule has 1 aromatic rings. The lowest BCUT2D eigenvalue weighted by Gasteiger charge is -2.17. The summed E-state index contributed by atoms with van der Waals surface area (Å²) in [5.41, 5.74) is 0.510. The molecule has 70 valence electrons. The summed E-state index contributed by atoms with van der Waals surface area (Å²) < 4.78 is 0. The van der Waals surface area contributed by atoms with E-state index in [-0.39, 0.29) is 0 Å². The molecule has 0 saturated heterocycles. The van der Waals surface area contributed by atoms with Crippen molar-refractivity contribution >= 4 is 12.2 Å². The second kappa shape index (κ2) is 4.54. The lowest BCUT2D eigenvalue weighted by atomic mass is 10.4. The van der Waals surface area contributed by atoms with E-state index >= 15 is 0 Å². The summed E-state index contributed by atoms with van der Waals surface area (Å²) in [7, 11) is 0. The zero-order valence-corrected chi connectivity index (χ0v) is 7.90. The van der Waals surface area contributed by atoms with Gasteiger partial charge in [0.2, 0.25) is 5.95 Å². The smallest absolute Gasteiger partial charge is 0.225 e. The second-order valence-electron chi connectivity index (χ2n) is 2.61. The molecule has 0 fully saturated rings. The molecule has 4 nitrogen and oxygen atoms in total. The van der Waals surface area contributed by atoms with E-state index in [1.165, 1.54) is 12.4 Å². The quantitative estimate of drug-likeness (QED) is 0.650. The fraction of sp³-hybridized carbons (Fsp3) is 0.444. The van der Waals surface area contributed by atoms with E-state index in [1.807, 2.05) is 18.7 Å². The summed E-state index contributed by atoms with van der Waals surface area (Å²) in [4.78, 5) is 20.5. The fourth-order valence-corrected chi connectivity index (χ4v) is 1.06. The van der Waals surface area contributed by atoms with Gasteiger partial charge in [-0.05, 0) is 13.8 Å². The topological polar surface area (TPSA) is 46.1 Å². The number of anilines is 1. The van der Waals surface area contributed by atoms with Crippen LogP contribution in [-0.4, -0.2) is 29.3 Å². The number of carbonyl (C=O) groups is 1. The van der Waals surface area contributed by atoms with E-state index in [9.17, 15) is 4.79 Å². The van der Waals surface area contributed by atoms with Crippen LogP contribution >= 0.6 is 0 Å². The average Bonchev–Trinajstić information content (AvgIpc) is 2.21. The second-order valence-corrected chi connectivity index (χ2v) is 2.61. The molecular formula is C9H13N3O. The Morgan fingerprint density at radius 3 is 2.23 bits per heavy atom. The third-order valence-electron chi connectivity index (χ3n) is 1.84. The highest BCUT2D eigenvalue weighted by Crippen LogP contribution is 2.04. The number of aromatic nitrogens is 2. The highest BCUT2D eigenvalue weighted by molar-refractivity contribution is 5.73. The number of hydrogen-bond donors (Lipinski definition) is 0. The van der Waals surface area contributed by atoms with Gasteiger partial charge in [0, 0.05) is 25.5 Å². The molecule has 0 amide bonds. The standard InChI is InChI=1S/C9H13N3O/c1-3-12(4-2)9-10-5-8(7-13)6-11-9/h5-7H,3-4H2,1-2H3. The molecule has 0 radical (unpaired) electrons. The van der Waals surface area contributed by atoms with Crippen LogP contribution in [0.2, 0.25) is 0 Å². The van der Waals surface area contributed by atoms with Crippen molar-refractivity contribution in [2.24, 2.45) is 0 Å². The molecule has 0 bridgehead atoms. The van der Waals surface area contributed by atoms with Crippen LogP contribution in [0.5, 0.6) is 0 Å². The van der Waals surface area contributed by atoms with E-state index in [2.05, 4.69) is 9.97 Å². The Morgan fingerprint density at radius 2 is 1.85 bits per heavy atom. The number of rotatable bonds is 4. The molecular weight excluding hydrogens is 166 g/mol. The highest BCUT2D eigenvalue weighted by Gasteiger charge is 2.03. The van der Waals surface area contributed by atoms with Gasteiger partial charge < -0.3 is 4.90 Å². The van der Waals surface area contributed by atoms with Crippen molar-refractivity contribution in [1.82, 2.24) is 9.97 Å². The molecule has 1 rings (SSSR count). The molecule has 1 aromatic heterocycles. The first-order valence-corrected chi connectivity index (χ1v) is 4.34. The third kappa shape index (κ3) is 2.24. The van der Waals surface area contributed by atoms with Crippen LogP contribution < -0.4 is 4.90 Å². The molecule has 4 heteroatoms. The Hall–Kier alpha value is -1.45. The van der Waals surface area contributed by atoms with Crippen LogP contribution in [0.4, 0.5) is 5.95 Å². The van der Waals surface area contributed by atoms with E-state index in [1.54, 1.807) is 0 Å². The lowest BCUT2D eigenvalue weighted by Crippen LogP contribution is -2.24. The first-order chi connectivity index (χ1) is 6.31. The highest BCUT2D eigenvalue weighted by atomic mass is 16.1. The summed E-state index contributed by atoms with van der Waals surface area (Å²) in [6.07, 6.45) is 3.81. The molecule has 0 aliphatic carbocycles.